The number of hydroxylamine groups is 1. The third-order valence-corrected chi connectivity index (χ3v) is 4.69. The molecule has 0 aliphatic rings. The van der Waals surface area contributed by atoms with Crippen LogP contribution in [0, 0.1) is 0 Å². The quantitative estimate of drug-likeness (QED) is 0.353. The molecule has 0 aliphatic carbocycles. The van der Waals surface area contributed by atoms with E-state index in [2.05, 4.69) is 19.2 Å². The summed E-state index contributed by atoms with van der Waals surface area (Å²) < 4.78 is 0. The molecule has 7 heteroatoms. The van der Waals surface area contributed by atoms with Crippen molar-refractivity contribution >= 4 is 11.8 Å². The van der Waals surface area contributed by atoms with E-state index in [9.17, 15) is 19.8 Å². The lowest BCUT2D eigenvalue weighted by Gasteiger charge is -2.23. The monoisotopic (exact) mass is 386 g/mol. The molecule has 2 aromatic rings. The van der Waals surface area contributed by atoms with Crippen LogP contribution in [-0.4, -0.2) is 33.3 Å². The summed E-state index contributed by atoms with van der Waals surface area (Å²) in [6, 6.07) is 11.2. The Morgan fingerprint density at radius 1 is 1.00 bits per heavy atom. The summed E-state index contributed by atoms with van der Waals surface area (Å²) in [4.78, 5) is 24.5. The van der Waals surface area contributed by atoms with E-state index in [1.807, 2.05) is 12.1 Å². The largest absolute Gasteiger partial charge is 0.508 e. The van der Waals surface area contributed by atoms with Gasteiger partial charge in [0.15, 0.2) is 0 Å². The number of aromatic hydroxyl groups is 1. The van der Waals surface area contributed by atoms with E-state index in [0.29, 0.717) is 17.0 Å². The van der Waals surface area contributed by atoms with Gasteiger partial charge in [0.2, 0.25) is 0 Å². The predicted molar refractivity (Wildman–Crippen MR) is 104 cm³/mol. The van der Waals surface area contributed by atoms with Gasteiger partial charge in [-0.3, -0.25) is 14.8 Å². The molecule has 0 fully saturated rings. The molecule has 2 rings (SSSR count). The van der Waals surface area contributed by atoms with Crippen LogP contribution in [0.3, 0.4) is 0 Å². The van der Waals surface area contributed by atoms with Crippen molar-refractivity contribution in [3.63, 3.8) is 0 Å². The Bertz CT molecular complexity index is 789. The number of aliphatic hydroxyl groups is 1. The number of nitrogens with one attached hydrogen (secondary N) is 2. The van der Waals surface area contributed by atoms with Crippen LogP contribution in [0.25, 0.3) is 0 Å². The Labute approximate surface area is 164 Å². The topological polar surface area (TPSA) is 119 Å². The van der Waals surface area contributed by atoms with Crippen molar-refractivity contribution in [1.82, 2.24) is 10.8 Å². The van der Waals surface area contributed by atoms with E-state index >= 15 is 0 Å². The zero-order valence-corrected chi connectivity index (χ0v) is 15.9. The third-order valence-electron chi connectivity index (χ3n) is 4.69. The molecule has 0 aliphatic heterocycles. The van der Waals surface area contributed by atoms with Crippen molar-refractivity contribution < 1.29 is 25.0 Å². The molecule has 28 heavy (non-hydrogen) atoms. The number of hydrogen-bond acceptors (Lipinski definition) is 5. The Morgan fingerprint density at radius 3 is 2.11 bits per heavy atom. The van der Waals surface area contributed by atoms with Crippen LogP contribution in [0.5, 0.6) is 5.75 Å². The smallest absolute Gasteiger partial charge is 0.268 e. The first kappa shape index (κ1) is 21.4. The minimum atomic E-state index is -1.42. The summed E-state index contributed by atoms with van der Waals surface area (Å²) in [6.07, 6.45) is 0.695. The second-order valence-corrected chi connectivity index (χ2v) is 6.78. The van der Waals surface area contributed by atoms with Gasteiger partial charge in [-0.2, -0.15) is 0 Å². The molecule has 0 bridgehead atoms. The fourth-order valence-corrected chi connectivity index (χ4v) is 3.01. The first-order valence-electron chi connectivity index (χ1n) is 9.19. The fraction of sp³-hybridized carbons (Fsp3) is 0.333. The second kappa shape index (κ2) is 9.87. The molecule has 0 aromatic heterocycles. The van der Waals surface area contributed by atoms with E-state index in [4.69, 9.17) is 5.21 Å². The Balaban J connectivity index is 2.16. The van der Waals surface area contributed by atoms with Gasteiger partial charge in [0, 0.05) is 5.56 Å². The SMILES string of the molecule is CCC[C@@H](C)c1ccc(C(=O)NC(C(=O)NO)C(O)c2ccc(O)cc2)cc1. The summed E-state index contributed by atoms with van der Waals surface area (Å²) >= 11 is 0. The van der Waals surface area contributed by atoms with Crippen molar-refractivity contribution in [1.29, 1.82) is 0 Å². The normalized spacial score (nSPS) is 14.0. The molecule has 0 saturated heterocycles. The van der Waals surface area contributed by atoms with Crippen LogP contribution in [0.15, 0.2) is 48.5 Å². The lowest BCUT2D eigenvalue weighted by Crippen LogP contribution is -2.49. The molecule has 0 heterocycles. The maximum Gasteiger partial charge on any atom is 0.268 e. The number of phenolic OH excluding ortho intramolecular Hbond substituents is 1. The number of hydrogen-bond donors (Lipinski definition) is 5. The molecule has 150 valence electrons. The number of aliphatic hydroxyl groups excluding tert-OH is 1. The molecule has 7 nitrogen and oxygen atoms in total. The van der Waals surface area contributed by atoms with E-state index in [0.717, 1.165) is 18.4 Å². The van der Waals surface area contributed by atoms with Crippen LogP contribution >= 0.6 is 0 Å². The van der Waals surface area contributed by atoms with Gasteiger partial charge in [0.25, 0.3) is 11.8 Å². The number of amides is 2. The summed E-state index contributed by atoms with van der Waals surface area (Å²) in [5.41, 5.74) is 3.21. The van der Waals surface area contributed by atoms with Crippen molar-refractivity contribution in [2.75, 3.05) is 0 Å². The van der Waals surface area contributed by atoms with E-state index < -0.39 is 24.0 Å². The Morgan fingerprint density at radius 2 is 1.57 bits per heavy atom. The number of carbonyl (C=O) groups excluding carboxylic acids is 2. The number of carbonyl (C=O) groups is 2. The van der Waals surface area contributed by atoms with Gasteiger partial charge >= 0.3 is 0 Å². The third kappa shape index (κ3) is 5.31. The van der Waals surface area contributed by atoms with Crippen LogP contribution in [0.1, 0.15) is 60.2 Å². The highest BCUT2D eigenvalue weighted by atomic mass is 16.5. The summed E-state index contributed by atoms with van der Waals surface area (Å²) in [5, 5.41) is 31.2. The van der Waals surface area contributed by atoms with Crippen molar-refractivity contribution in [3.8, 4) is 5.75 Å². The summed E-state index contributed by atoms with van der Waals surface area (Å²) in [5.74, 6) is -1.13. The minimum Gasteiger partial charge on any atom is -0.508 e. The molecule has 0 spiro atoms. The highest BCUT2D eigenvalue weighted by molar-refractivity contribution is 5.97. The number of phenols is 1. The van der Waals surface area contributed by atoms with E-state index in [1.165, 1.54) is 29.7 Å². The molecule has 2 unspecified atom stereocenters. The minimum absolute atomic E-state index is 0.000497. The van der Waals surface area contributed by atoms with Gasteiger partial charge in [-0.1, -0.05) is 44.5 Å². The lowest BCUT2D eigenvalue weighted by atomic mass is 9.95. The Kier molecular flexibility index (Phi) is 7.54. The predicted octanol–water partition coefficient (Wildman–Crippen LogP) is 2.63. The molecule has 5 N–H and O–H groups in total. The first-order valence-corrected chi connectivity index (χ1v) is 9.19. The van der Waals surface area contributed by atoms with Crippen molar-refractivity contribution in [2.45, 2.75) is 44.8 Å². The Hall–Kier alpha value is -2.90. The number of rotatable bonds is 8. The van der Waals surface area contributed by atoms with E-state index in [1.54, 1.807) is 12.1 Å². The lowest BCUT2D eigenvalue weighted by molar-refractivity contribution is -0.134. The molecule has 3 atom stereocenters. The van der Waals surface area contributed by atoms with Crippen molar-refractivity contribution in [2.24, 2.45) is 0 Å². The maximum absolute atomic E-state index is 12.5. The molecule has 2 amide bonds. The average molecular weight is 386 g/mol. The van der Waals surface area contributed by atoms with Gasteiger partial charge in [0.1, 0.15) is 17.9 Å². The first-order chi connectivity index (χ1) is 13.4. The molecule has 2 aromatic carbocycles. The van der Waals surface area contributed by atoms with E-state index in [-0.39, 0.29) is 5.75 Å². The van der Waals surface area contributed by atoms with Crippen LogP contribution in [0.2, 0.25) is 0 Å². The van der Waals surface area contributed by atoms with Crippen LogP contribution in [0.4, 0.5) is 0 Å². The van der Waals surface area contributed by atoms with Crippen LogP contribution < -0.4 is 10.8 Å². The molecule has 0 radical (unpaired) electrons. The second-order valence-electron chi connectivity index (χ2n) is 6.78. The highest BCUT2D eigenvalue weighted by Gasteiger charge is 2.30. The number of benzene rings is 2. The fourth-order valence-electron chi connectivity index (χ4n) is 3.01. The molecular formula is C21H26N2O5. The van der Waals surface area contributed by atoms with Gasteiger partial charge in [-0.05, 0) is 47.7 Å². The van der Waals surface area contributed by atoms with Gasteiger partial charge in [-0.25, -0.2) is 5.48 Å². The maximum atomic E-state index is 12.5. The van der Waals surface area contributed by atoms with Gasteiger partial charge in [-0.15, -0.1) is 0 Å². The van der Waals surface area contributed by atoms with Crippen LogP contribution in [-0.2, 0) is 4.79 Å². The zero-order chi connectivity index (χ0) is 20.7. The zero-order valence-electron chi connectivity index (χ0n) is 15.9. The average Bonchev–Trinajstić information content (AvgIpc) is 2.71. The van der Waals surface area contributed by atoms with Crippen molar-refractivity contribution in [3.05, 3.63) is 65.2 Å². The molecule has 0 saturated carbocycles. The van der Waals surface area contributed by atoms with Gasteiger partial charge < -0.3 is 15.5 Å². The molecular weight excluding hydrogens is 360 g/mol. The highest BCUT2D eigenvalue weighted by Crippen LogP contribution is 2.22. The van der Waals surface area contributed by atoms with Gasteiger partial charge in [0.05, 0.1) is 0 Å². The summed E-state index contributed by atoms with van der Waals surface area (Å²) in [7, 11) is 0. The summed E-state index contributed by atoms with van der Waals surface area (Å²) in [6.45, 7) is 4.23. The standard InChI is InChI=1S/C21H26N2O5/c1-3-4-13(2)14-5-7-16(8-6-14)20(26)22-18(21(27)23-28)19(25)15-9-11-17(24)12-10-15/h5-13,18-19,24-25,28H,3-4H2,1-2H3,(H,22,26)(H,23,27)/t13-,18?,19?/m1/s1.